The minimum Gasteiger partial charge on any atom is -0.508 e. The first-order valence-electron chi connectivity index (χ1n) is 8.89. The first-order valence-corrected chi connectivity index (χ1v) is 8.39. The Morgan fingerprint density at radius 2 is 2.14 bits per heavy atom. The number of aliphatic hydroxyl groups excluding tert-OH is 1. The van der Waals surface area contributed by atoms with E-state index in [1.54, 1.807) is 6.92 Å². The molecular weight excluding hydrogens is 276 g/mol. The highest BCUT2D eigenvalue weighted by molar-refractivity contribution is 5.99. The number of aromatic hydroxyl groups is 1. The summed E-state index contributed by atoms with van der Waals surface area (Å²) < 4.78 is 8.16. The molecule has 5 atom stereocenters. The van der Waals surface area contributed by atoms with Gasteiger partial charge in [0.1, 0.15) is 5.75 Å². The van der Waals surface area contributed by atoms with Crippen LogP contribution in [-0.2, 0) is 0 Å². The van der Waals surface area contributed by atoms with Crippen molar-refractivity contribution in [1.82, 2.24) is 0 Å². The summed E-state index contributed by atoms with van der Waals surface area (Å²) in [6, 6.07) is 1.93. The SMILES string of the molecule is [3H]c1c(O)c(C)cc2c1C(=O)CC1C2CC[C@]2(C)C(O)CCC12. The van der Waals surface area contributed by atoms with Crippen LogP contribution in [0.25, 0.3) is 0 Å². The number of phenolic OH excluding ortho intramolecular Hbond substituents is 1. The topological polar surface area (TPSA) is 57.5 Å². The van der Waals surface area contributed by atoms with Gasteiger partial charge in [0.05, 0.1) is 7.47 Å². The van der Waals surface area contributed by atoms with E-state index >= 15 is 0 Å². The zero-order chi connectivity index (χ0) is 16.5. The second-order valence-corrected chi connectivity index (χ2v) is 7.77. The van der Waals surface area contributed by atoms with Crippen molar-refractivity contribution in [1.29, 1.82) is 0 Å². The van der Waals surface area contributed by atoms with E-state index in [9.17, 15) is 15.0 Å². The van der Waals surface area contributed by atoms with Crippen molar-refractivity contribution in [2.75, 3.05) is 0 Å². The van der Waals surface area contributed by atoms with Gasteiger partial charge in [-0.25, -0.2) is 0 Å². The van der Waals surface area contributed by atoms with Crippen molar-refractivity contribution in [3.05, 3.63) is 28.8 Å². The molecule has 4 rings (SSSR count). The Morgan fingerprint density at radius 3 is 2.91 bits per heavy atom. The number of carbonyl (C=O) groups is 1. The van der Waals surface area contributed by atoms with Crippen LogP contribution in [0, 0.1) is 24.2 Å². The third-order valence-electron chi connectivity index (χ3n) is 6.76. The molecule has 2 N–H and O–H groups in total. The second-order valence-electron chi connectivity index (χ2n) is 7.77. The number of hydrogen-bond acceptors (Lipinski definition) is 3. The van der Waals surface area contributed by atoms with Gasteiger partial charge in [-0.2, -0.15) is 0 Å². The second kappa shape index (κ2) is 4.58. The number of phenols is 1. The standard InChI is InChI=1S/C19H24O3/c1-10-7-12-11-5-6-19(2)15(3-4-18(19)22)13(11)8-17(21)14(12)9-16(10)20/h7,9,11,13,15,18,20,22H,3-6,8H2,1-2H3/t11?,13?,15?,18?,19-/m0/s1/i9T. The van der Waals surface area contributed by atoms with Crippen LogP contribution >= 0.6 is 0 Å². The van der Waals surface area contributed by atoms with Gasteiger partial charge in [-0.05, 0) is 72.9 Å². The maximum Gasteiger partial charge on any atom is 0.163 e. The Labute approximate surface area is 132 Å². The third kappa shape index (κ3) is 1.75. The maximum absolute atomic E-state index is 12.7. The lowest BCUT2D eigenvalue weighted by atomic mass is 9.55. The molecular formula is C19H24O3. The van der Waals surface area contributed by atoms with Crippen molar-refractivity contribution in [3.63, 3.8) is 0 Å². The highest BCUT2D eigenvalue weighted by Crippen LogP contribution is 2.61. The Bertz CT molecular complexity index is 698. The summed E-state index contributed by atoms with van der Waals surface area (Å²) in [6.07, 6.45) is 3.97. The Morgan fingerprint density at radius 1 is 1.36 bits per heavy atom. The quantitative estimate of drug-likeness (QED) is 0.770. The van der Waals surface area contributed by atoms with Gasteiger partial charge in [-0.3, -0.25) is 4.79 Å². The van der Waals surface area contributed by atoms with Gasteiger partial charge < -0.3 is 10.2 Å². The van der Waals surface area contributed by atoms with Gasteiger partial charge in [-0.15, -0.1) is 0 Å². The highest BCUT2D eigenvalue weighted by atomic mass is 16.3. The molecule has 118 valence electrons. The Balaban J connectivity index is 1.83. The molecule has 1 aromatic rings. The first kappa shape index (κ1) is 13.1. The van der Waals surface area contributed by atoms with E-state index in [4.69, 9.17) is 1.37 Å². The minimum absolute atomic E-state index is 0.00300. The molecule has 0 bridgehead atoms. The van der Waals surface area contributed by atoms with E-state index in [1.807, 2.05) is 6.07 Å². The van der Waals surface area contributed by atoms with Crippen molar-refractivity contribution in [2.45, 2.75) is 58.0 Å². The fourth-order valence-corrected chi connectivity index (χ4v) is 5.43. The van der Waals surface area contributed by atoms with E-state index in [-0.39, 0.29) is 40.9 Å². The molecule has 3 aliphatic carbocycles. The molecule has 2 fully saturated rings. The van der Waals surface area contributed by atoms with Crippen molar-refractivity contribution in [3.8, 4) is 5.75 Å². The van der Waals surface area contributed by atoms with Crippen LogP contribution in [-0.4, -0.2) is 22.1 Å². The lowest BCUT2D eigenvalue weighted by Crippen LogP contribution is -2.44. The fourth-order valence-electron chi connectivity index (χ4n) is 5.43. The van der Waals surface area contributed by atoms with Crippen LogP contribution in [0.1, 0.15) is 67.8 Å². The minimum atomic E-state index is -0.252. The van der Waals surface area contributed by atoms with E-state index in [0.717, 1.165) is 31.2 Å². The molecule has 0 spiro atoms. The predicted octanol–water partition coefficient (Wildman–Crippen LogP) is 3.56. The molecule has 3 aliphatic rings. The van der Waals surface area contributed by atoms with E-state index in [1.165, 1.54) is 0 Å². The normalized spacial score (nSPS) is 40.7. The number of benzene rings is 1. The zero-order valence-corrected chi connectivity index (χ0v) is 13.2. The number of ketones is 1. The average molecular weight is 302 g/mol. The lowest BCUT2D eigenvalue weighted by Gasteiger charge is -2.49. The monoisotopic (exact) mass is 302 g/mol. The maximum atomic E-state index is 12.7. The van der Waals surface area contributed by atoms with Crippen LogP contribution in [0.5, 0.6) is 5.75 Å². The molecule has 0 heterocycles. The largest absolute Gasteiger partial charge is 0.508 e. The van der Waals surface area contributed by atoms with Crippen molar-refractivity contribution in [2.24, 2.45) is 17.3 Å². The van der Waals surface area contributed by atoms with Crippen molar-refractivity contribution >= 4 is 5.78 Å². The summed E-state index contributed by atoms with van der Waals surface area (Å²) in [7, 11) is 0. The average Bonchev–Trinajstić information content (AvgIpc) is 2.80. The molecule has 4 unspecified atom stereocenters. The molecule has 2 saturated carbocycles. The highest BCUT2D eigenvalue weighted by Gasteiger charge is 2.55. The molecule has 0 aliphatic heterocycles. The van der Waals surface area contributed by atoms with Crippen LogP contribution in [0.3, 0.4) is 0 Å². The van der Waals surface area contributed by atoms with Crippen LogP contribution in [0.4, 0.5) is 0 Å². The van der Waals surface area contributed by atoms with Gasteiger partial charge in [0.15, 0.2) is 5.78 Å². The van der Waals surface area contributed by atoms with E-state index < -0.39 is 0 Å². The first-order chi connectivity index (χ1) is 10.8. The van der Waals surface area contributed by atoms with Crippen LogP contribution in [0.2, 0.25) is 0 Å². The summed E-state index contributed by atoms with van der Waals surface area (Å²) in [5.41, 5.74) is 2.03. The fraction of sp³-hybridized carbons (Fsp3) is 0.632. The number of Topliss-reactive ketones (excluding diaryl/α,β-unsaturated/α-hetero) is 1. The molecule has 0 radical (unpaired) electrons. The third-order valence-corrected chi connectivity index (χ3v) is 6.76. The van der Waals surface area contributed by atoms with Gasteiger partial charge >= 0.3 is 0 Å². The van der Waals surface area contributed by atoms with Crippen molar-refractivity contribution < 1.29 is 16.4 Å². The smallest absolute Gasteiger partial charge is 0.163 e. The van der Waals surface area contributed by atoms with Crippen LogP contribution in [0.15, 0.2) is 12.1 Å². The molecule has 3 heteroatoms. The van der Waals surface area contributed by atoms with Gasteiger partial charge in [0.2, 0.25) is 0 Å². The Hall–Kier alpha value is -1.35. The van der Waals surface area contributed by atoms with E-state index in [2.05, 4.69) is 6.92 Å². The number of fused-ring (bicyclic) bond motifs is 5. The summed E-state index contributed by atoms with van der Waals surface area (Å²) in [6.45, 7) is 3.98. The van der Waals surface area contributed by atoms with E-state index in [0.29, 0.717) is 23.5 Å². The number of hydrogen-bond donors (Lipinski definition) is 2. The van der Waals surface area contributed by atoms with Crippen LogP contribution < -0.4 is 0 Å². The summed E-state index contributed by atoms with van der Waals surface area (Å²) in [4.78, 5) is 12.7. The molecule has 0 saturated heterocycles. The molecule has 3 nitrogen and oxygen atoms in total. The molecule has 22 heavy (non-hydrogen) atoms. The predicted molar refractivity (Wildman–Crippen MR) is 84.1 cm³/mol. The molecule has 1 aromatic carbocycles. The summed E-state index contributed by atoms with van der Waals surface area (Å²) in [5, 5.41) is 20.4. The number of carbonyl (C=O) groups excluding carboxylic acids is 1. The summed E-state index contributed by atoms with van der Waals surface area (Å²) in [5.74, 6) is 0.875. The van der Waals surface area contributed by atoms with Gasteiger partial charge in [0, 0.05) is 12.0 Å². The number of aryl methyl sites for hydroxylation is 1. The van der Waals surface area contributed by atoms with Gasteiger partial charge in [0.25, 0.3) is 0 Å². The molecule has 0 aromatic heterocycles. The number of rotatable bonds is 0. The Kier molecular flexibility index (Phi) is 2.73. The molecule has 0 amide bonds. The summed E-state index contributed by atoms with van der Waals surface area (Å²) >= 11 is 0. The lowest BCUT2D eigenvalue weighted by molar-refractivity contribution is -0.0208. The zero-order valence-electron chi connectivity index (χ0n) is 14.2. The number of aliphatic hydroxyl groups is 1. The van der Waals surface area contributed by atoms with Gasteiger partial charge in [-0.1, -0.05) is 13.0 Å².